The highest BCUT2D eigenvalue weighted by Gasteiger charge is 1.93. The van der Waals surface area contributed by atoms with Crippen LogP contribution in [0.1, 0.15) is 5.56 Å². The van der Waals surface area contributed by atoms with Gasteiger partial charge in [0.15, 0.2) is 0 Å². The van der Waals surface area contributed by atoms with Gasteiger partial charge in [-0.3, -0.25) is 10.3 Å². The molecule has 0 saturated heterocycles. The highest BCUT2D eigenvalue weighted by Crippen LogP contribution is 2.06. The average molecular weight is 149 g/mol. The molecule has 0 bridgehead atoms. The zero-order chi connectivity index (χ0) is 8.10. The van der Waals surface area contributed by atoms with Gasteiger partial charge in [-0.2, -0.15) is 0 Å². The van der Waals surface area contributed by atoms with Crippen LogP contribution in [-0.2, 0) is 4.84 Å². The lowest BCUT2D eigenvalue weighted by molar-refractivity contribution is 0.137. The molecule has 0 aliphatic heterocycles. The van der Waals surface area contributed by atoms with Gasteiger partial charge < -0.3 is 0 Å². The van der Waals surface area contributed by atoms with Crippen LogP contribution in [0.4, 0.5) is 0 Å². The first-order chi connectivity index (χ1) is 5.34. The third-order valence-corrected chi connectivity index (χ3v) is 1.35. The lowest BCUT2D eigenvalue weighted by Gasteiger charge is -2.05. The van der Waals surface area contributed by atoms with Crippen molar-refractivity contribution >= 4 is 5.70 Å². The summed E-state index contributed by atoms with van der Waals surface area (Å²) in [6, 6.07) is 9.81. The van der Waals surface area contributed by atoms with Crippen LogP contribution < -0.4 is 5.48 Å². The topological polar surface area (TPSA) is 21.3 Å². The van der Waals surface area contributed by atoms with Crippen molar-refractivity contribution in [2.24, 2.45) is 0 Å². The Labute approximate surface area is 66.5 Å². The molecule has 11 heavy (non-hydrogen) atoms. The van der Waals surface area contributed by atoms with E-state index in [9.17, 15) is 0 Å². The Morgan fingerprint density at radius 3 is 2.55 bits per heavy atom. The van der Waals surface area contributed by atoms with Crippen molar-refractivity contribution < 1.29 is 4.84 Å². The molecule has 0 spiro atoms. The smallest absolute Gasteiger partial charge is 0.0636 e. The fourth-order valence-corrected chi connectivity index (χ4v) is 0.821. The van der Waals surface area contributed by atoms with Crippen molar-refractivity contribution in [3.63, 3.8) is 0 Å². The van der Waals surface area contributed by atoms with Crippen LogP contribution in [-0.4, -0.2) is 7.11 Å². The van der Waals surface area contributed by atoms with Crippen LogP contribution >= 0.6 is 0 Å². The molecule has 0 amide bonds. The normalized spacial score (nSPS) is 9.18. The molecule has 0 aliphatic carbocycles. The van der Waals surface area contributed by atoms with Crippen molar-refractivity contribution in [1.29, 1.82) is 0 Å². The minimum absolute atomic E-state index is 0.771. The molecule has 0 saturated carbocycles. The number of hydrogen-bond acceptors (Lipinski definition) is 2. The third kappa shape index (κ3) is 2.09. The fourth-order valence-electron chi connectivity index (χ4n) is 0.821. The quantitative estimate of drug-likeness (QED) is 0.662. The summed E-state index contributed by atoms with van der Waals surface area (Å²) in [5, 5.41) is 0. The van der Waals surface area contributed by atoms with Gasteiger partial charge in [0.05, 0.1) is 12.8 Å². The van der Waals surface area contributed by atoms with E-state index in [1.54, 1.807) is 7.11 Å². The minimum Gasteiger partial charge on any atom is -0.279 e. The van der Waals surface area contributed by atoms with Gasteiger partial charge in [-0.25, -0.2) is 0 Å². The maximum Gasteiger partial charge on any atom is 0.0636 e. The second-order valence-corrected chi connectivity index (χ2v) is 2.15. The maximum atomic E-state index is 4.71. The van der Waals surface area contributed by atoms with Crippen LogP contribution in [0.5, 0.6) is 0 Å². The highest BCUT2D eigenvalue weighted by atomic mass is 16.6. The number of hydroxylamine groups is 1. The van der Waals surface area contributed by atoms with E-state index < -0.39 is 0 Å². The van der Waals surface area contributed by atoms with Gasteiger partial charge >= 0.3 is 0 Å². The summed E-state index contributed by atoms with van der Waals surface area (Å²) in [4.78, 5) is 4.71. The molecule has 0 unspecified atom stereocenters. The van der Waals surface area contributed by atoms with Crippen molar-refractivity contribution in [3.05, 3.63) is 42.5 Å². The standard InChI is InChI=1S/C9H11NO/c1-8(10-11-2)9-6-4-3-5-7-9/h3-7,10H,1H2,2H3. The first-order valence-corrected chi connectivity index (χ1v) is 3.38. The molecule has 0 aliphatic rings. The second kappa shape index (κ2) is 3.78. The van der Waals surface area contributed by atoms with E-state index in [4.69, 9.17) is 4.84 Å². The van der Waals surface area contributed by atoms with Crippen molar-refractivity contribution in [2.75, 3.05) is 7.11 Å². The number of benzene rings is 1. The molecule has 1 N–H and O–H groups in total. The third-order valence-electron chi connectivity index (χ3n) is 1.35. The Bertz CT molecular complexity index is 231. The van der Waals surface area contributed by atoms with Crippen molar-refractivity contribution in [1.82, 2.24) is 5.48 Å². The van der Waals surface area contributed by atoms with Gasteiger partial charge in [-0.15, -0.1) is 0 Å². The predicted octanol–water partition coefficient (Wildman–Crippen LogP) is 1.81. The molecule has 58 valence electrons. The molecule has 1 rings (SSSR count). The van der Waals surface area contributed by atoms with E-state index in [1.807, 2.05) is 30.3 Å². The molecule has 1 aromatic carbocycles. The Kier molecular flexibility index (Phi) is 2.69. The van der Waals surface area contributed by atoms with E-state index in [-0.39, 0.29) is 0 Å². The van der Waals surface area contributed by atoms with Crippen molar-refractivity contribution in [3.8, 4) is 0 Å². The van der Waals surface area contributed by atoms with Gasteiger partial charge in [0.1, 0.15) is 0 Å². The van der Waals surface area contributed by atoms with Crippen molar-refractivity contribution in [2.45, 2.75) is 0 Å². The summed E-state index contributed by atoms with van der Waals surface area (Å²) in [6.45, 7) is 3.78. The molecule has 0 atom stereocenters. The molecular weight excluding hydrogens is 138 g/mol. The zero-order valence-electron chi connectivity index (χ0n) is 6.50. The molecule has 0 aromatic heterocycles. The Morgan fingerprint density at radius 2 is 2.00 bits per heavy atom. The number of rotatable bonds is 3. The minimum atomic E-state index is 0.771. The summed E-state index contributed by atoms with van der Waals surface area (Å²) < 4.78 is 0. The summed E-state index contributed by atoms with van der Waals surface area (Å²) >= 11 is 0. The first-order valence-electron chi connectivity index (χ1n) is 3.38. The van der Waals surface area contributed by atoms with Gasteiger partial charge in [0, 0.05) is 0 Å². The largest absolute Gasteiger partial charge is 0.279 e. The summed E-state index contributed by atoms with van der Waals surface area (Å²) in [6.07, 6.45) is 0. The predicted molar refractivity (Wildman–Crippen MR) is 45.6 cm³/mol. The molecule has 2 nitrogen and oxygen atoms in total. The molecular formula is C9H11NO. The molecule has 2 heteroatoms. The van der Waals surface area contributed by atoms with Crippen LogP contribution in [0.2, 0.25) is 0 Å². The highest BCUT2D eigenvalue weighted by molar-refractivity contribution is 5.60. The van der Waals surface area contributed by atoms with Crippen LogP contribution in [0, 0.1) is 0 Å². The van der Waals surface area contributed by atoms with Gasteiger partial charge in [0.25, 0.3) is 0 Å². The van der Waals surface area contributed by atoms with Gasteiger partial charge in [0.2, 0.25) is 0 Å². The molecule has 0 radical (unpaired) electrons. The van der Waals surface area contributed by atoms with E-state index in [1.165, 1.54) is 0 Å². The first kappa shape index (κ1) is 7.82. The Hall–Kier alpha value is -1.28. The number of nitrogens with one attached hydrogen (secondary N) is 1. The SMILES string of the molecule is C=C(NOC)c1ccccc1. The zero-order valence-corrected chi connectivity index (χ0v) is 6.50. The Balaban J connectivity index is 2.69. The average Bonchev–Trinajstić information content (AvgIpc) is 2.07. The van der Waals surface area contributed by atoms with Gasteiger partial charge in [-0.05, 0) is 5.56 Å². The van der Waals surface area contributed by atoms with Crippen LogP contribution in [0.3, 0.4) is 0 Å². The molecule has 0 heterocycles. The molecule has 0 fully saturated rings. The number of hydrogen-bond donors (Lipinski definition) is 1. The van der Waals surface area contributed by atoms with Gasteiger partial charge in [-0.1, -0.05) is 36.9 Å². The van der Waals surface area contributed by atoms with E-state index in [0.29, 0.717) is 0 Å². The lowest BCUT2D eigenvalue weighted by atomic mass is 10.2. The van der Waals surface area contributed by atoms with E-state index in [0.717, 1.165) is 11.3 Å². The Morgan fingerprint density at radius 1 is 1.36 bits per heavy atom. The summed E-state index contributed by atoms with van der Waals surface area (Å²) in [7, 11) is 1.56. The molecule has 1 aromatic rings. The maximum absolute atomic E-state index is 4.71. The second-order valence-electron chi connectivity index (χ2n) is 2.15. The van der Waals surface area contributed by atoms with E-state index in [2.05, 4.69) is 12.1 Å². The lowest BCUT2D eigenvalue weighted by Crippen LogP contribution is -2.08. The summed E-state index contributed by atoms with van der Waals surface area (Å²) in [5.74, 6) is 0. The van der Waals surface area contributed by atoms with E-state index >= 15 is 0 Å². The van der Waals surface area contributed by atoms with Crippen LogP contribution in [0.15, 0.2) is 36.9 Å². The summed E-state index contributed by atoms with van der Waals surface area (Å²) in [5.41, 5.74) is 4.48. The fraction of sp³-hybridized carbons (Fsp3) is 0.111. The van der Waals surface area contributed by atoms with Crippen LogP contribution in [0.25, 0.3) is 5.70 Å². The monoisotopic (exact) mass is 149 g/mol.